The topological polar surface area (TPSA) is 72.2 Å². The molecule has 0 atom stereocenters. The molecule has 0 saturated carbocycles. The molecule has 2 aromatic carbocycles. The Morgan fingerprint density at radius 2 is 1.86 bits per heavy atom. The van der Waals surface area contributed by atoms with E-state index in [-0.39, 0.29) is 16.5 Å². The molecule has 0 heterocycles. The van der Waals surface area contributed by atoms with Gasteiger partial charge in [-0.1, -0.05) is 35.3 Å². The molecule has 4 nitrogen and oxygen atoms in total. The first kappa shape index (κ1) is 16.6. The summed E-state index contributed by atoms with van der Waals surface area (Å²) in [5.74, 6) is 0. The minimum Gasteiger partial charge on any atom is -0.326 e. The lowest BCUT2D eigenvalue weighted by molar-refractivity contribution is 0.601. The van der Waals surface area contributed by atoms with Gasteiger partial charge in [0.2, 0.25) is 0 Å². The summed E-state index contributed by atoms with van der Waals surface area (Å²) in [7, 11) is -3.84. The number of anilines is 1. The number of halogens is 3. The molecule has 2 rings (SSSR count). The van der Waals surface area contributed by atoms with Gasteiger partial charge < -0.3 is 5.73 Å². The third-order valence-electron chi connectivity index (χ3n) is 2.72. The van der Waals surface area contributed by atoms with E-state index in [1.165, 1.54) is 12.1 Å². The highest BCUT2D eigenvalue weighted by Gasteiger charge is 2.20. The van der Waals surface area contributed by atoms with E-state index in [1.807, 2.05) is 0 Å². The van der Waals surface area contributed by atoms with Gasteiger partial charge in [-0.05, 0) is 45.8 Å². The minimum absolute atomic E-state index is 0.0287. The molecular weight excluding hydrogens is 399 g/mol. The molecule has 0 amide bonds. The van der Waals surface area contributed by atoms with Crippen LogP contribution >= 0.6 is 39.1 Å². The third kappa shape index (κ3) is 3.70. The Hall–Kier alpha value is -0.790. The number of sulfonamides is 1. The van der Waals surface area contributed by atoms with Crippen LogP contribution in [0.25, 0.3) is 0 Å². The van der Waals surface area contributed by atoms with Crippen molar-refractivity contribution in [1.82, 2.24) is 0 Å². The monoisotopic (exact) mass is 408 g/mol. The molecule has 112 valence electrons. The fraction of sp³-hybridized carbons (Fsp3) is 0.0769. The fourth-order valence-electron chi connectivity index (χ4n) is 1.66. The van der Waals surface area contributed by atoms with Crippen molar-refractivity contribution < 1.29 is 8.42 Å². The van der Waals surface area contributed by atoms with Crippen molar-refractivity contribution >= 4 is 54.8 Å². The first-order chi connectivity index (χ1) is 9.85. The predicted octanol–water partition coefficient (Wildman–Crippen LogP) is 4.02. The van der Waals surface area contributed by atoms with E-state index in [1.54, 1.807) is 24.3 Å². The Morgan fingerprint density at radius 1 is 1.14 bits per heavy atom. The summed E-state index contributed by atoms with van der Waals surface area (Å²) >= 11 is 15.2. The van der Waals surface area contributed by atoms with E-state index in [2.05, 4.69) is 20.7 Å². The van der Waals surface area contributed by atoms with E-state index in [0.717, 1.165) is 0 Å². The van der Waals surface area contributed by atoms with Crippen LogP contribution in [0.2, 0.25) is 10.0 Å². The number of benzene rings is 2. The van der Waals surface area contributed by atoms with Crippen LogP contribution in [0.15, 0.2) is 45.8 Å². The van der Waals surface area contributed by atoms with Crippen molar-refractivity contribution in [2.24, 2.45) is 5.73 Å². The zero-order chi connectivity index (χ0) is 15.6. The Balaban J connectivity index is 2.46. The molecule has 0 unspecified atom stereocenters. The highest BCUT2D eigenvalue weighted by Crippen LogP contribution is 2.32. The Labute approximate surface area is 141 Å². The largest absolute Gasteiger partial charge is 0.326 e. The summed E-state index contributed by atoms with van der Waals surface area (Å²) in [6.07, 6.45) is 0. The summed E-state index contributed by atoms with van der Waals surface area (Å²) in [5.41, 5.74) is 6.53. The van der Waals surface area contributed by atoms with Gasteiger partial charge in [-0.3, -0.25) is 4.72 Å². The maximum absolute atomic E-state index is 12.5. The molecule has 3 N–H and O–H groups in total. The number of rotatable bonds is 4. The Kier molecular flexibility index (Phi) is 5.16. The van der Waals surface area contributed by atoms with Crippen LogP contribution in [0.4, 0.5) is 5.69 Å². The van der Waals surface area contributed by atoms with E-state index >= 15 is 0 Å². The summed E-state index contributed by atoms with van der Waals surface area (Å²) in [6.45, 7) is 0.223. The molecule has 0 fully saturated rings. The van der Waals surface area contributed by atoms with Crippen molar-refractivity contribution in [2.45, 2.75) is 11.4 Å². The average molecular weight is 410 g/mol. The van der Waals surface area contributed by atoms with Crippen molar-refractivity contribution in [3.8, 4) is 0 Å². The molecule has 0 aliphatic heterocycles. The molecule has 0 aliphatic carbocycles. The van der Waals surface area contributed by atoms with Crippen molar-refractivity contribution in [3.63, 3.8) is 0 Å². The van der Waals surface area contributed by atoms with Gasteiger partial charge in [0.05, 0.1) is 20.2 Å². The minimum atomic E-state index is -3.84. The smallest absolute Gasteiger partial charge is 0.263 e. The third-order valence-corrected chi connectivity index (χ3v) is 5.96. The summed E-state index contributed by atoms with van der Waals surface area (Å²) in [4.78, 5) is -0.0287. The molecule has 0 saturated heterocycles. The van der Waals surface area contributed by atoms with Gasteiger partial charge in [0.1, 0.15) is 4.90 Å². The Morgan fingerprint density at radius 3 is 2.52 bits per heavy atom. The summed E-state index contributed by atoms with van der Waals surface area (Å²) in [5, 5.41) is 0.523. The number of nitrogens with two attached hydrogens (primary N) is 1. The first-order valence-electron chi connectivity index (χ1n) is 5.80. The molecule has 0 spiro atoms. The zero-order valence-electron chi connectivity index (χ0n) is 10.6. The lowest BCUT2D eigenvalue weighted by atomic mass is 10.2. The maximum atomic E-state index is 12.5. The highest BCUT2D eigenvalue weighted by molar-refractivity contribution is 9.10. The highest BCUT2D eigenvalue weighted by atomic mass is 79.9. The molecule has 0 radical (unpaired) electrons. The van der Waals surface area contributed by atoms with Crippen molar-refractivity contribution in [1.29, 1.82) is 0 Å². The van der Waals surface area contributed by atoms with Gasteiger partial charge in [-0.25, -0.2) is 8.42 Å². The fourth-order valence-corrected chi connectivity index (χ4v) is 3.96. The Bertz CT molecular complexity index is 782. The molecule has 2 aromatic rings. The van der Waals surface area contributed by atoms with Gasteiger partial charge >= 0.3 is 0 Å². The van der Waals surface area contributed by atoms with Crippen LogP contribution in [-0.4, -0.2) is 8.42 Å². The average Bonchev–Trinajstić information content (AvgIpc) is 2.44. The lowest BCUT2D eigenvalue weighted by Gasteiger charge is -2.12. The summed E-state index contributed by atoms with van der Waals surface area (Å²) in [6, 6.07) is 9.51. The van der Waals surface area contributed by atoms with Crippen LogP contribution in [0.5, 0.6) is 0 Å². The molecule has 21 heavy (non-hydrogen) atoms. The second kappa shape index (κ2) is 6.54. The van der Waals surface area contributed by atoms with Gasteiger partial charge in [0.25, 0.3) is 10.0 Å². The maximum Gasteiger partial charge on any atom is 0.263 e. The lowest BCUT2D eigenvalue weighted by Crippen LogP contribution is -2.14. The van der Waals surface area contributed by atoms with Gasteiger partial charge in [-0.2, -0.15) is 0 Å². The molecule has 0 aromatic heterocycles. The van der Waals surface area contributed by atoms with Crippen LogP contribution in [0.1, 0.15) is 5.56 Å². The molecule has 0 aliphatic rings. The SMILES string of the molecule is NCc1ccc(Cl)c(S(=O)(=O)Nc2cccc(Cl)c2Br)c1. The molecule has 8 heteroatoms. The summed E-state index contributed by atoms with van der Waals surface area (Å²) < 4.78 is 27.8. The van der Waals surface area contributed by atoms with Gasteiger partial charge in [0.15, 0.2) is 0 Å². The van der Waals surface area contributed by atoms with E-state index in [0.29, 0.717) is 20.7 Å². The van der Waals surface area contributed by atoms with Crippen LogP contribution < -0.4 is 10.5 Å². The van der Waals surface area contributed by atoms with Crippen molar-refractivity contribution in [2.75, 3.05) is 4.72 Å². The van der Waals surface area contributed by atoms with E-state index in [9.17, 15) is 8.42 Å². The van der Waals surface area contributed by atoms with Gasteiger partial charge in [-0.15, -0.1) is 0 Å². The number of hydrogen-bond acceptors (Lipinski definition) is 3. The zero-order valence-corrected chi connectivity index (χ0v) is 14.5. The first-order valence-corrected chi connectivity index (χ1v) is 8.83. The van der Waals surface area contributed by atoms with E-state index < -0.39 is 10.0 Å². The number of hydrogen-bond donors (Lipinski definition) is 2. The van der Waals surface area contributed by atoms with Crippen LogP contribution in [0.3, 0.4) is 0 Å². The van der Waals surface area contributed by atoms with Crippen molar-refractivity contribution in [3.05, 3.63) is 56.5 Å². The quantitative estimate of drug-likeness (QED) is 0.800. The molecule has 0 bridgehead atoms. The number of nitrogens with one attached hydrogen (secondary N) is 1. The molecular formula is C13H11BrCl2N2O2S. The second-order valence-electron chi connectivity index (χ2n) is 4.18. The second-order valence-corrected chi connectivity index (χ2v) is 7.43. The van der Waals surface area contributed by atoms with Gasteiger partial charge in [0, 0.05) is 6.54 Å². The van der Waals surface area contributed by atoms with Crippen LogP contribution in [-0.2, 0) is 16.6 Å². The normalized spacial score (nSPS) is 11.4. The van der Waals surface area contributed by atoms with Crippen LogP contribution in [0, 0.1) is 0 Å². The predicted molar refractivity (Wildman–Crippen MR) is 89.3 cm³/mol. The van der Waals surface area contributed by atoms with E-state index in [4.69, 9.17) is 28.9 Å². The standard InChI is InChI=1S/C13H11BrCl2N2O2S/c14-13-10(16)2-1-3-11(13)18-21(19,20)12-6-8(7-17)4-5-9(12)15/h1-6,18H,7,17H2.